The van der Waals surface area contributed by atoms with Gasteiger partial charge in [0.2, 0.25) is 0 Å². The number of rotatable bonds is 4. The van der Waals surface area contributed by atoms with Crippen LogP contribution >= 0.6 is 12.2 Å². The van der Waals surface area contributed by atoms with Gasteiger partial charge in [-0.05, 0) is 68.4 Å². The zero-order chi connectivity index (χ0) is 20.3. The number of nitrogens with one attached hydrogen (secondary N) is 1. The van der Waals surface area contributed by atoms with E-state index in [1.54, 1.807) is 12.1 Å². The van der Waals surface area contributed by atoms with Gasteiger partial charge in [0.05, 0.1) is 5.56 Å². The van der Waals surface area contributed by atoms with Gasteiger partial charge in [0.15, 0.2) is 5.11 Å². The number of benzene rings is 2. The molecule has 2 aromatic carbocycles. The molecule has 1 aliphatic rings. The molecule has 6 heteroatoms. The molecule has 0 saturated carbocycles. The van der Waals surface area contributed by atoms with Gasteiger partial charge in [0, 0.05) is 37.4 Å². The summed E-state index contributed by atoms with van der Waals surface area (Å²) >= 11 is 5.65. The summed E-state index contributed by atoms with van der Waals surface area (Å²) in [5.41, 5.74) is 3.67. The number of carbonyl (C=O) groups is 1. The average molecular weight is 398 g/mol. The Kier molecular flexibility index (Phi) is 6.31. The first kappa shape index (κ1) is 20.3. The van der Waals surface area contributed by atoms with E-state index >= 15 is 0 Å². The zero-order valence-corrected chi connectivity index (χ0v) is 17.4. The van der Waals surface area contributed by atoms with E-state index in [0.29, 0.717) is 17.6 Å². The zero-order valence-electron chi connectivity index (χ0n) is 16.6. The summed E-state index contributed by atoms with van der Waals surface area (Å²) in [4.78, 5) is 15.7. The number of aryl methyl sites for hydroxylation is 1. The average Bonchev–Trinajstić information content (AvgIpc) is 2.65. The quantitative estimate of drug-likeness (QED) is 0.761. The van der Waals surface area contributed by atoms with E-state index in [0.717, 1.165) is 36.0 Å². The Morgan fingerprint density at radius 2 is 1.79 bits per heavy atom. The van der Waals surface area contributed by atoms with Gasteiger partial charge in [-0.2, -0.15) is 0 Å². The third-order valence-electron chi connectivity index (χ3n) is 5.22. The summed E-state index contributed by atoms with van der Waals surface area (Å²) in [7, 11) is 0. The first-order chi connectivity index (χ1) is 13.3. The van der Waals surface area contributed by atoms with Crippen LogP contribution in [0.5, 0.6) is 0 Å². The monoisotopic (exact) mass is 397 g/mol. The van der Waals surface area contributed by atoms with Crippen LogP contribution in [-0.2, 0) is 6.54 Å². The molecule has 0 unspecified atom stereocenters. The number of hydrogen-bond donors (Lipinski definition) is 2. The molecule has 1 aliphatic heterocycles. The molecule has 2 aromatic rings. The topological polar surface area (TPSA) is 55.8 Å². The third-order valence-corrected chi connectivity index (χ3v) is 5.58. The molecule has 2 N–H and O–H groups in total. The summed E-state index contributed by atoms with van der Waals surface area (Å²) in [6.07, 6.45) is 0. The lowest BCUT2D eigenvalue weighted by Crippen LogP contribution is -2.58. The Hall–Kier alpha value is -2.44. The van der Waals surface area contributed by atoms with Crippen molar-refractivity contribution in [2.45, 2.75) is 39.4 Å². The van der Waals surface area contributed by atoms with E-state index in [1.165, 1.54) is 5.56 Å². The van der Waals surface area contributed by atoms with Crippen molar-refractivity contribution in [1.82, 2.24) is 9.80 Å². The van der Waals surface area contributed by atoms with E-state index in [4.69, 9.17) is 17.3 Å². The molecule has 0 aliphatic carbocycles. The van der Waals surface area contributed by atoms with Crippen molar-refractivity contribution in [3.63, 3.8) is 0 Å². The van der Waals surface area contributed by atoms with Gasteiger partial charge in [-0.3, -0.25) is 4.90 Å². The van der Waals surface area contributed by atoms with Crippen LogP contribution in [0.1, 0.15) is 35.3 Å². The van der Waals surface area contributed by atoms with Crippen molar-refractivity contribution >= 4 is 29.0 Å². The number of hydrogen-bond acceptors (Lipinski definition) is 3. The van der Waals surface area contributed by atoms with Gasteiger partial charge in [0.25, 0.3) is 0 Å². The van der Waals surface area contributed by atoms with E-state index < -0.39 is 5.97 Å². The number of aromatic carboxylic acids is 1. The van der Waals surface area contributed by atoms with E-state index in [2.05, 4.69) is 48.0 Å². The van der Waals surface area contributed by atoms with Crippen LogP contribution in [0.4, 0.5) is 5.69 Å². The number of nitrogens with zero attached hydrogens (tertiary/aromatic N) is 2. The number of carboxylic acids is 1. The Balaban J connectivity index is 1.61. The minimum absolute atomic E-state index is 0.322. The molecule has 0 radical (unpaired) electrons. The van der Waals surface area contributed by atoms with Crippen molar-refractivity contribution in [2.75, 3.05) is 18.4 Å². The molecule has 0 bridgehead atoms. The maximum atomic E-state index is 11.0. The van der Waals surface area contributed by atoms with Gasteiger partial charge < -0.3 is 15.3 Å². The molecule has 3 rings (SSSR count). The predicted molar refractivity (Wildman–Crippen MR) is 117 cm³/mol. The molecule has 28 heavy (non-hydrogen) atoms. The predicted octanol–water partition coefficient (Wildman–Crippen LogP) is 3.98. The van der Waals surface area contributed by atoms with E-state index in [1.807, 2.05) is 24.3 Å². The number of piperazine rings is 1. The second-order valence-electron chi connectivity index (χ2n) is 7.58. The Morgan fingerprint density at radius 1 is 1.14 bits per heavy atom. The lowest BCUT2D eigenvalue weighted by atomic mass is 10.1. The fraction of sp³-hybridized carbons (Fsp3) is 0.364. The molecule has 1 fully saturated rings. The van der Waals surface area contributed by atoms with Crippen LogP contribution < -0.4 is 5.32 Å². The summed E-state index contributed by atoms with van der Waals surface area (Å²) < 4.78 is 0. The summed E-state index contributed by atoms with van der Waals surface area (Å²) in [6, 6.07) is 16.0. The molecule has 1 heterocycles. The largest absolute Gasteiger partial charge is 0.478 e. The number of anilines is 1. The van der Waals surface area contributed by atoms with Gasteiger partial charge in [-0.25, -0.2) is 4.79 Å². The molecule has 148 valence electrons. The van der Waals surface area contributed by atoms with Crippen molar-refractivity contribution < 1.29 is 9.90 Å². The molecular weight excluding hydrogens is 370 g/mol. The fourth-order valence-corrected chi connectivity index (χ4v) is 3.99. The van der Waals surface area contributed by atoms with Gasteiger partial charge >= 0.3 is 5.97 Å². The van der Waals surface area contributed by atoms with Crippen LogP contribution in [-0.4, -0.2) is 51.2 Å². The van der Waals surface area contributed by atoms with E-state index in [-0.39, 0.29) is 0 Å². The maximum absolute atomic E-state index is 11.0. The first-order valence-corrected chi connectivity index (χ1v) is 9.95. The van der Waals surface area contributed by atoms with Crippen LogP contribution in [0.15, 0.2) is 48.5 Å². The fourth-order valence-electron chi connectivity index (χ4n) is 3.72. The second kappa shape index (κ2) is 8.71. The number of thiocarbonyl (C=S) groups is 1. The van der Waals surface area contributed by atoms with Crippen LogP contribution in [0.3, 0.4) is 0 Å². The first-order valence-electron chi connectivity index (χ1n) is 9.54. The minimum atomic E-state index is -0.892. The summed E-state index contributed by atoms with van der Waals surface area (Å²) in [5, 5.41) is 13.2. The standard InChI is InChI=1S/C22H27N3O2S/c1-15-5-4-6-20(11-15)23-22(28)24-12-16(2)25(17(3)13-24)14-18-7-9-19(10-8-18)21(26)27/h4-11,16-17H,12-14H2,1-3H3,(H,23,28)(H,26,27)/t16-,17+. The van der Waals surface area contributed by atoms with E-state index in [9.17, 15) is 4.79 Å². The minimum Gasteiger partial charge on any atom is -0.478 e. The van der Waals surface area contributed by atoms with Crippen LogP contribution in [0.2, 0.25) is 0 Å². The molecular formula is C22H27N3O2S. The maximum Gasteiger partial charge on any atom is 0.335 e. The Labute approximate surface area is 172 Å². The highest BCUT2D eigenvalue weighted by Crippen LogP contribution is 2.21. The molecule has 0 spiro atoms. The van der Waals surface area contributed by atoms with Gasteiger partial charge in [-0.1, -0.05) is 24.3 Å². The highest BCUT2D eigenvalue weighted by Gasteiger charge is 2.30. The van der Waals surface area contributed by atoms with Gasteiger partial charge in [-0.15, -0.1) is 0 Å². The van der Waals surface area contributed by atoms with Crippen molar-refractivity contribution in [3.8, 4) is 0 Å². The molecule has 0 amide bonds. The lowest BCUT2D eigenvalue weighted by molar-refractivity contribution is 0.0654. The molecule has 0 aromatic heterocycles. The Morgan fingerprint density at radius 3 is 2.36 bits per heavy atom. The smallest absolute Gasteiger partial charge is 0.335 e. The summed E-state index contributed by atoms with van der Waals surface area (Å²) in [6.45, 7) is 9.01. The van der Waals surface area contributed by atoms with Gasteiger partial charge in [0.1, 0.15) is 0 Å². The van der Waals surface area contributed by atoms with Crippen molar-refractivity contribution in [3.05, 3.63) is 65.2 Å². The normalized spacial score (nSPS) is 20.0. The lowest BCUT2D eigenvalue weighted by Gasteiger charge is -2.45. The van der Waals surface area contributed by atoms with Crippen LogP contribution in [0, 0.1) is 6.92 Å². The van der Waals surface area contributed by atoms with Crippen molar-refractivity contribution in [2.24, 2.45) is 0 Å². The second-order valence-corrected chi connectivity index (χ2v) is 7.96. The number of carboxylic acid groups (broad SMARTS) is 1. The SMILES string of the molecule is Cc1cccc(NC(=S)N2C[C@@H](C)N(Cc3ccc(C(=O)O)cc3)[C@@H](C)C2)c1. The molecule has 2 atom stereocenters. The highest BCUT2D eigenvalue weighted by atomic mass is 32.1. The summed E-state index contributed by atoms with van der Waals surface area (Å²) in [5.74, 6) is -0.892. The molecule has 5 nitrogen and oxygen atoms in total. The third kappa shape index (κ3) is 4.88. The highest BCUT2D eigenvalue weighted by molar-refractivity contribution is 7.80. The Bertz CT molecular complexity index is 841. The van der Waals surface area contributed by atoms with Crippen LogP contribution in [0.25, 0.3) is 0 Å². The van der Waals surface area contributed by atoms with Crippen molar-refractivity contribution in [1.29, 1.82) is 0 Å². The molecule has 1 saturated heterocycles.